The summed E-state index contributed by atoms with van der Waals surface area (Å²) in [5.74, 6) is 2.48. The number of benzene rings is 1. The van der Waals surface area contributed by atoms with Gasteiger partial charge in [-0.1, -0.05) is 42.3 Å². The van der Waals surface area contributed by atoms with Crippen LogP contribution in [0.1, 0.15) is 11.1 Å². The predicted octanol–water partition coefficient (Wildman–Crippen LogP) is 3.02. The van der Waals surface area contributed by atoms with Gasteiger partial charge in [0.05, 0.1) is 0 Å². The van der Waals surface area contributed by atoms with Crippen LogP contribution in [0.2, 0.25) is 0 Å². The second-order valence-electron chi connectivity index (χ2n) is 3.43. The van der Waals surface area contributed by atoms with Gasteiger partial charge in [-0.3, -0.25) is 0 Å². The fourth-order valence-electron chi connectivity index (χ4n) is 1.75. The lowest BCUT2D eigenvalue weighted by Gasteiger charge is -1.96. The summed E-state index contributed by atoms with van der Waals surface area (Å²) in [4.78, 5) is 0. The Morgan fingerprint density at radius 1 is 1.33 bits per heavy atom. The van der Waals surface area contributed by atoms with Gasteiger partial charge in [-0.15, -0.1) is 15.3 Å². The molecule has 72 valence electrons. The van der Waals surface area contributed by atoms with Crippen LogP contribution in [-0.2, 0) is 6.42 Å². The Morgan fingerprint density at radius 3 is 2.87 bits per heavy atom. The van der Waals surface area contributed by atoms with E-state index >= 15 is 0 Å². The summed E-state index contributed by atoms with van der Waals surface area (Å²) in [5, 5.41) is 1.17. The number of fused-ring (bicyclic) bond motifs is 1. The molecule has 0 heterocycles. The average molecular weight is 210 g/mol. The Bertz CT molecular complexity index is 498. The maximum Gasteiger partial charge on any atom is 0.00552 e. The highest BCUT2D eigenvalue weighted by molar-refractivity contribution is 7.23. The van der Waals surface area contributed by atoms with E-state index in [2.05, 4.69) is 45.1 Å². The molecule has 0 N–H and O–H groups in total. The van der Waals surface area contributed by atoms with Gasteiger partial charge < -0.3 is 0 Å². The first-order chi connectivity index (χ1) is 7.33. The highest BCUT2D eigenvalue weighted by Crippen LogP contribution is 2.27. The molecule has 0 saturated carbocycles. The van der Waals surface area contributed by atoms with E-state index in [0.29, 0.717) is 0 Å². The lowest BCUT2D eigenvalue weighted by molar-refractivity contribution is 1.27. The van der Waals surface area contributed by atoms with Gasteiger partial charge in [-0.2, -0.15) is 0 Å². The van der Waals surface area contributed by atoms with Crippen molar-refractivity contribution in [1.82, 2.24) is 0 Å². The minimum Gasteiger partial charge on any atom is -0.115 e. The number of hydrogen-bond acceptors (Lipinski definition) is 0. The Kier molecular flexibility index (Phi) is 2.86. The highest BCUT2D eigenvalue weighted by atomic mass is 31.0. The standard InChI is InChI=1S/C14H11P/c1-2-3-4-8-12-10-11-7-5-6-9-13(11)14(12)15/h1,3-9,15H,10H2/b4-3-,12-8+. The fraction of sp³-hybridized carbons (Fsp3) is 0.0714. The molecule has 0 bridgehead atoms. The van der Waals surface area contributed by atoms with Crippen molar-refractivity contribution in [3.63, 3.8) is 0 Å². The van der Waals surface area contributed by atoms with Gasteiger partial charge in [0.1, 0.15) is 0 Å². The third kappa shape index (κ3) is 1.94. The first-order valence-corrected chi connectivity index (χ1v) is 5.32. The summed E-state index contributed by atoms with van der Waals surface area (Å²) in [6.45, 7) is 0. The van der Waals surface area contributed by atoms with Crippen LogP contribution >= 0.6 is 8.86 Å². The zero-order chi connectivity index (χ0) is 10.7. The summed E-state index contributed by atoms with van der Waals surface area (Å²) < 4.78 is 0. The van der Waals surface area contributed by atoms with Crippen molar-refractivity contribution in [3.8, 4) is 12.3 Å². The number of allylic oxidation sites excluding steroid dienone is 4. The lowest BCUT2D eigenvalue weighted by atomic mass is 10.1. The van der Waals surface area contributed by atoms with Crippen molar-refractivity contribution in [1.29, 1.82) is 0 Å². The smallest absolute Gasteiger partial charge is 0.00552 e. The summed E-state index contributed by atoms with van der Waals surface area (Å²) in [6, 6.07) is 8.41. The van der Waals surface area contributed by atoms with Gasteiger partial charge in [0, 0.05) is 5.29 Å². The van der Waals surface area contributed by atoms with Gasteiger partial charge in [-0.25, -0.2) is 0 Å². The van der Waals surface area contributed by atoms with Gasteiger partial charge in [0.15, 0.2) is 0 Å². The van der Waals surface area contributed by atoms with Crippen LogP contribution in [0.15, 0.2) is 48.1 Å². The third-order valence-corrected chi connectivity index (χ3v) is 3.07. The second kappa shape index (κ2) is 4.30. The molecule has 0 amide bonds. The molecule has 1 heteroatoms. The van der Waals surface area contributed by atoms with E-state index in [1.165, 1.54) is 22.0 Å². The molecule has 0 saturated heterocycles. The van der Waals surface area contributed by atoms with Crippen LogP contribution in [0.25, 0.3) is 0 Å². The van der Waals surface area contributed by atoms with E-state index < -0.39 is 0 Å². The van der Waals surface area contributed by atoms with Crippen molar-refractivity contribution in [2.24, 2.45) is 0 Å². The first-order valence-electron chi connectivity index (χ1n) is 4.82. The predicted molar refractivity (Wildman–Crippen MR) is 68.6 cm³/mol. The molecule has 1 aromatic rings. The maximum absolute atomic E-state index is 5.15. The van der Waals surface area contributed by atoms with Crippen LogP contribution in [0, 0.1) is 12.3 Å². The lowest BCUT2D eigenvalue weighted by Crippen LogP contribution is -1.91. The molecule has 0 fully saturated rings. The molecule has 0 atom stereocenters. The molecule has 0 spiro atoms. The summed E-state index contributed by atoms with van der Waals surface area (Å²) >= 11 is 0. The van der Waals surface area contributed by atoms with Gasteiger partial charge in [-0.05, 0) is 29.2 Å². The molecular formula is C14H11P. The van der Waals surface area contributed by atoms with Crippen molar-refractivity contribution in [2.75, 3.05) is 0 Å². The quantitative estimate of drug-likeness (QED) is 0.493. The fourth-order valence-corrected chi connectivity index (χ4v) is 2.16. The van der Waals surface area contributed by atoms with E-state index in [4.69, 9.17) is 6.42 Å². The average Bonchev–Trinajstić information content (AvgIpc) is 2.57. The van der Waals surface area contributed by atoms with Crippen LogP contribution in [0.3, 0.4) is 0 Å². The minimum absolute atomic E-state index is 0.976. The minimum atomic E-state index is 0.976. The molecule has 0 nitrogen and oxygen atoms in total. The zero-order valence-corrected chi connectivity index (χ0v) is 9.33. The zero-order valence-electron chi connectivity index (χ0n) is 8.33. The molecule has 1 aromatic carbocycles. The van der Waals surface area contributed by atoms with Gasteiger partial charge in [0.2, 0.25) is 0 Å². The number of hydrogen-bond donors (Lipinski definition) is 0. The van der Waals surface area contributed by atoms with Gasteiger partial charge >= 0.3 is 0 Å². The van der Waals surface area contributed by atoms with Crippen molar-refractivity contribution < 1.29 is 0 Å². The molecule has 1 aliphatic rings. The number of terminal acetylenes is 1. The normalized spacial score (nSPS) is 17.0. The van der Waals surface area contributed by atoms with E-state index in [1.807, 2.05) is 6.08 Å². The largest absolute Gasteiger partial charge is 0.115 e. The number of rotatable bonds is 1. The Balaban J connectivity index is 2.32. The van der Waals surface area contributed by atoms with Crippen LogP contribution in [0.4, 0.5) is 0 Å². The van der Waals surface area contributed by atoms with E-state index in [0.717, 1.165) is 6.42 Å². The topological polar surface area (TPSA) is 0 Å². The third-order valence-electron chi connectivity index (χ3n) is 2.48. The molecule has 0 aliphatic heterocycles. The van der Waals surface area contributed by atoms with Crippen LogP contribution in [-0.4, -0.2) is 5.29 Å². The molecular weight excluding hydrogens is 199 g/mol. The molecule has 1 aliphatic carbocycles. The Morgan fingerprint density at radius 2 is 2.13 bits per heavy atom. The summed E-state index contributed by atoms with van der Waals surface area (Å²) in [6.07, 6.45) is 11.8. The Labute approximate surface area is 92.6 Å². The van der Waals surface area contributed by atoms with Crippen LogP contribution in [0.5, 0.6) is 0 Å². The van der Waals surface area contributed by atoms with Crippen molar-refractivity contribution >= 4 is 14.2 Å². The van der Waals surface area contributed by atoms with Crippen molar-refractivity contribution in [3.05, 3.63) is 59.2 Å². The van der Waals surface area contributed by atoms with Crippen molar-refractivity contribution in [2.45, 2.75) is 6.42 Å². The van der Waals surface area contributed by atoms with E-state index in [-0.39, 0.29) is 0 Å². The van der Waals surface area contributed by atoms with E-state index in [9.17, 15) is 0 Å². The second-order valence-corrected chi connectivity index (χ2v) is 3.93. The highest BCUT2D eigenvalue weighted by Gasteiger charge is 2.18. The molecule has 0 radical (unpaired) electrons. The van der Waals surface area contributed by atoms with Crippen LogP contribution < -0.4 is 0 Å². The molecule has 15 heavy (non-hydrogen) atoms. The first kappa shape index (κ1) is 9.97. The molecule has 0 aromatic heterocycles. The Hall–Kier alpha value is -1.57. The SMILES string of the molecule is C#C/C=C\C=C1/Cc2ccccc2C1=P. The maximum atomic E-state index is 5.15. The summed E-state index contributed by atoms with van der Waals surface area (Å²) in [7, 11) is 3.67. The molecule has 0 unspecified atom stereocenters. The van der Waals surface area contributed by atoms with E-state index in [1.54, 1.807) is 6.08 Å². The molecule has 2 rings (SSSR count). The van der Waals surface area contributed by atoms with Gasteiger partial charge in [0.25, 0.3) is 0 Å². The summed E-state index contributed by atoms with van der Waals surface area (Å²) in [5.41, 5.74) is 3.93. The monoisotopic (exact) mass is 210 g/mol.